The van der Waals surface area contributed by atoms with Gasteiger partial charge in [-0.1, -0.05) is 12.1 Å². The lowest BCUT2D eigenvalue weighted by Gasteiger charge is -2.25. The van der Waals surface area contributed by atoms with Crippen molar-refractivity contribution in [1.29, 1.82) is 0 Å². The van der Waals surface area contributed by atoms with Gasteiger partial charge in [0.15, 0.2) is 0 Å². The molecule has 5 heteroatoms. The van der Waals surface area contributed by atoms with Crippen LogP contribution < -0.4 is 11.1 Å². The van der Waals surface area contributed by atoms with Crippen LogP contribution in [-0.4, -0.2) is 38.4 Å². The lowest BCUT2D eigenvalue weighted by Crippen LogP contribution is -2.45. The van der Waals surface area contributed by atoms with Crippen LogP contribution in [0, 0.1) is 0 Å². The second-order valence-corrected chi connectivity index (χ2v) is 4.77. The van der Waals surface area contributed by atoms with Crippen LogP contribution in [-0.2, 0) is 16.0 Å². The van der Waals surface area contributed by atoms with E-state index < -0.39 is 0 Å². The van der Waals surface area contributed by atoms with Gasteiger partial charge in [0, 0.05) is 38.8 Å². The molecule has 1 fully saturated rings. The van der Waals surface area contributed by atoms with Crippen LogP contribution in [0.5, 0.6) is 0 Å². The molecule has 1 heterocycles. The smallest absolute Gasteiger partial charge is 0.251 e. The van der Waals surface area contributed by atoms with Gasteiger partial charge in [-0.25, -0.2) is 0 Å². The molecule has 1 aromatic rings. The van der Waals surface area contributed by atoms with Crippen molar-refractivity contribution in [2.45, 2.75) is 18.6 Å². The Hall–Kier alpha value is -1.43. The van der Waals surface area contributed by atoms with Crippen LogP contribution in [0.25, 0.3) is 0 Å². The molecule has 0 saturated carbocycles. The maximum atomic E-state index is 12.0. The maximum Gasteiger partial charge on any atom is 0.251 e. The van der Waals surface area contributed by atoms with E-state index in [0.717, 1.165) is 12.0 Å². The molecule has 0 radical (unpaired) electrons. The minimum Gasteiger partial charge on any atom is -0.378 e. The van der Waals surface area contributed by atoms with Gasteiger partial charge in [-0.15, -0.1) is 0 Å². The molecule has 1 aliphatic rings. The Bertz CT molecular complexity index is 425. The molecule has 1 aliphatic heterocycles. The van der Waals surface area contributed by atoms with Gasteiger partial charge in [-0.3, -0.25) is 4.79 Å². The number of hydrogen-bond acceptors (Lipinski definition) is 4. The molecule has 1 atom stereocenters. The van der Waals surface area contributed by atoms with Gasteiger partial charge in [0.05, 0.1) is 6.61 Å². The maximum absolute atomic E-state index is 12.0. The first kappa shape index (κ1) is 14.0. The average molecular weight is 264 g/mol. The third kappa shape index (κ3) is 3.32. The lowest BCUT2D eigenvalue weighted by atomic mass is 10.0. The summed E-state index contributed by atoms with van der Waals surface area (Å²) in [5.41, 5.74) is 6.78. The molecule has 1 amide bonds. The summed E-state index contributed by atoms with van der Waals surface area (Å²) in [6.45, 7) is 2.14. The zero-order valence-electron chi connectivity index (χ0n) is 11.1. The predicted molar refractivity (Wildman–Crippen MR) is 71.8 cm³/mol. The Morgan fingerprint density at radius 2 is 2.21 bits per heavy atom. The SMILES string of the molecule is COC1(CNC(=O)c2ccc(CN)cc2)CCOC1. The Kier molecular flexibility index (Phi) is 4.52. The Morgan fingerprint density at radius 3 is 2.74 bits per heavy atom. The summed E-state index contributed by atoms with van der Waals surface area (Å²) in [7, 11) is 1.65. The first-order valence-corrected chi connectivity index (χ1v) is 6.39. The van der Waals surface area contributed by atoms with Crippen molar-refractivity contribution in [3.63, 3.8) is 0 Å². The van der Waals surface area contributed by atoms with Gasteiger partial charge >= 0.3 is 0 Å². The average Bonchev–Trinajstić information content (AvgIpc) is 2.94. The van der Waals surface area contributed by atoms with Crippen molar-refractivity contribution in [3.05, 3.63) is 35.4 Å². The van der Waals surface area contributed by atoms with Crippen LogP contribution in [0.2, 0.25) is 0 Å². The standard InChI is InChI=1S/C14H20N2O3/c1-18-14(6-7-19-10-14)9-16-13(17)12-4-2-11(8-15)3-5-12/h2-5H,6-10,15H2,1H3,(H,16,17). The summed E-state index contributed by atoms with van der Waals surface area (Å²) >= 11 is 0. The summed E-state index contributed by atoms with van der Waals surface area (Å²) in [6.07, 6.45) is 0.801. The largest absolute Gasteiger partial charge is 0.378 e. The molecular formula is C14H20N2O3. The first-order chi connectivity index (χ1) is 9.19. The molecular weight excluding hydrogens is 244 g/mol. The van der Waals surface area contributed by atoms with E-state index in [0.29, 0.717) is 31.9 Å². The molecule has 104 valence electrons. The molecule has 1 unspecified atom stereocenters. The number of hydrogen-bond donors (Lipinski definition) is 2. The van der Waals surface area contributed by atoms with Crippen molar-refractivity contribution < 1.29 is 14.3 Å². The second-order valence-electron chi connectivity index (χ2n) is 4.77. The fourth-order valence-electron chi connectivity index (χ4n) is 2.10. The minimum atomic E-state index is -0.382. The number of carbonyl (C=O) groups is 1. The van der Waals surface area contributed by atoms with Crippen LogP contribution in [0.1, 0.15) is 22.3 Å². The third-order valence-electron chi connectivity index (χ3n) is 3.52. The molecule has 19 heavy (non-hydrogen) atoms. The van der Waals surface area contributed by atoms with Crippen molar-refractivity contribution in [1.82, 2.24) is 5.32 Å². The molecule has 0 bridgehead atoms. The topological polar surface area (TPSA) is 73.6 Å². The summed E-state index contributed by atoms with van der Waals surface area (Å²) in [5, 5.41) is 2.89. The van der Waals surface area contributed by atoms with Gasteiger partial charge in [0.25, 0.3) is 5.91 Å². The van der Waals surface area contributed by atoms with Crippen molar-refractivity contribution in [2.75, 3.05) is 26.9 Å². The number of amides is 1. The normalized spacial score (nSPS) is 22.4. The van der Waals surface area contributed by atoms with E-state index in [-0.39, 0.29) is 11.5 Å². The molecule has 2 rings (SSSR count). The highest BCUT2D eigenvalue weighted by Crippen LogP contribution is 2.21. The number of rotatable bonds is 5. The number of benzene rings is 1. The number of nitrogens with one attached hydrogen (secondary N) is 1. The summed E-state index contributed by atoms with van der Waals surface area (Å²) in [5.74, 6) is -0.105. The highest BCUT2D eigenvalue weighted by Gasteiger charge is 2.35. The van der Waals surface area contributed by atoms with Crippen molar-refractivity contribution in [2.24, 2.45) is 5.73 Å². The molecule has 0 spiro atoms. The van der Waals surface area contributed by atoms with Crippen LogP contribution in [0.3, 0.4) is 0 Å². The summed E-state index contributed by atoms with van der Waals surface area (Å²) in [6, 6.07) is 7.28. The minimum absolute atomic E-state index is 0.105. The first-order valence-electron chi connectivity index (χ1n) is 6.39. The van der Waals surface area contributed by atoms with E-state index in [1.54, 1.807) is 19.2 Å². The zero-order chi connectivity index (χ0) is 13.7. The van der Waals surface area contributed by atoms with E-state index >= 15 is 0 Å². The number of methoxy groups -OCH3 is 1. The van der Waals surface area contributed by atoms with Crippen molar-refractivity contribution >= 4 is 5.91 Å². The Morgan fingerprint density at radius 1 is 1.47 bits per heavy atom. The van der Waals surface area contributed by atoms with E-state index in [1.165, 1.54) is 0 Å². The van der Waals surface area contributed by atoms with Crippen LogP contribution in [0.15, 0.2) is 24.3 Å². The Balaban J connectivity index is 1.93. The number of carbonyl (C=O) groups excluding carboxylic acids is 1. The molecule has 0 aliphatic carbocycles. The molecule has 0 aromatic heterocycles. The van der Waals surface area contributed by atoms with Gasteiger partial charge in [-0.05, 0) is 17.7 Å². The Labute approximate surface area is 113 Å². The van der Waals surface area contributed by atoms with Crippen LogP contribution >= 0.6 is 0 Å². The van der Waals surface area contributed by atoms with Gasteiger partial charge in [0.1, 0.15) is 5.60 Å². The third-order valence-corrected chi connectivity index (χ3v) is 3.52. The summed E-state index contributed by atoms with van der Waals surface area (Å²) < 4.78 is 10.8. The van der Waals surface area contributed by atoms with Gasteiger partial charge < -0.3 is 20.5 Å². The number of nitrogens with two attached hydrogens (primary N) is 1. The van der Waals surface area contributed by atoms with Crippen molar-refractivity contribution in [3.8, 4) is 0 Å². The quantitative estimate of drug-likeness (QED) is 0.820. The van der Waals surface area contributed by atoms with Crippen LogP contribution in [0.4, 0.5) is 0 Å². The van der Waals surface area contributed by atoms with Gasteiger partial charge in [-0.2, -0.15) is 0 Å². The van der Waals surface area contributed by atoms with E-state index in [2.05, 4.69) is 5.32 Å². The predicted octanol–water partition coefficient (Wildman–Crippen LogP) is 0.681. The molecule has 1 saturated heterocycles. The van der Waals surface area contributed by atoms with E-state index in [1.807, 2.05) is 12.1 Å². The molecule has 1 aromatic carbocycles. The molecule has 3 N–H and O–H groups in total. The zero-order valence-corrected chi connectivity index (χ0v) is 11.1. The lowest BCUT2D eigenvalue weighted by molar-refractivity contribution is -0.0148. The second kappa shape index (κ2) is 6.14. The summed E-state index contributed by atoms with van der Waals surface area (Å²) in [4.78, 5) is 12.0. The molecule has 5 nitrogen and oxygen atoms in total. The fourth-order valence-corrected chi connectivity index (χ4v) is 2.10. The number of ether oxygens (including phenoxy) is 2. The van der Waals surface area contributed by atoms with Gasteiger partial charge in [0.2, 0.25) is 0 Å². The fraction of sp³-hybridized carbons (Fsp3) is 0.500. The monoisotopic (exact) mass is 264 g/mol. The van der Waals surface area contributed by atoms with E-state index in [9.17, 15) is 4.79 Å². The highest BCUT2D eigenvalue weighted by molar-refractivity contribution is 5.94. The highest BCUT2D eigenvalue weighted by atomic mass is 16.5. The van der Waals surface area contributed by atoms with E-state index in [4.69, 9.17) is 15.2 Å².